The number of hydrogen-bond donors (Lipinski definition) is 1. The average Bonchev–Trinajstić information content (AvgIpc) is 2.46. The maximum atomic E-state index is 8.71. The molecule has 0 radical (unpaired) electrons. The van der Waals surface area contributed by atoms with E-state index in [0.717, 1.165) is 23.5 Å². The molecular formula is C15H14N2O. The van der Waals surface area contributed by atoms with Gasteiger partial charge >= 0.3 is 0 Å². The topological polar surface area (TPSA) is 45.0 Å². The van der Waals surface area contributed by atoms with Gasteiger partial charge in [-0.15, -0.1) is 0 Å². The monoisotopic (exact) mass is 238 g/mol. The summed E-state index contributed by atoms with van der Waals surface area (Å²) in [4.78, 5) is 0. The highest BCUT2D eigenvalue weighted by Crippen LogP contribution is 2.15. The van der Waals surface area contributed by atoms with Gasteiger partial charge in [-0.1, -0.05) is 12.1 Å². The van der Waals surface area contributed by atoms with Crippen LogP contribution in [0, 0.1) is 11.3 Å². The lowest BCUT2D eigenvalue weighted by Gasteiger charge is -2.07. The van der Waals surface area contributed by atoms with E-state index >= 15 is 0 Å². The molecule has 2 aromatic carbocycles. The number of nitriles is 1. The molecule has 0 saturated heterocycles. The van der Waals surface area contributed by atoms with Gasteiger partial charge in [0.2, 0.25) is 0 Å². The summed E-state index contributed by atoms with van der Waals surface area (Å²) in [5.74, 6) is 0.846. The van der Waals surface area contributed by atoms with Crippen LogP contribution in [0.2, 0.25) is 0 Å². The smallest absolute Gasteiger partial charge is 0.119 e. The van der Waals surface area contributed by atoms with Crippen LogP contribution in [0.5, 0.6) is 5.75 Å². The lowest BCUT2D eigenvalue weighted by atomic mass is 10.1. The summed E-state index contributed by atoms with van der Waals surface area (Å²) in [6.07, 6.45) is 0. The van der Waals surface area contributed by atoms with Gasteiger partial charge in [0.05, 0.1) is 18.7 Å². The second-order valence-electron chi connectivity index (χ2n) is 3.89. The number of benzene rings is 2. The highest BCUT2D eigenvalue weighted by Gasteiger charge is 1.96. The van der Waals surface area contributed by atoms with E-state index < -0.39 is 0 Å². The van der Waals surface area contributed by atoms with Crippen LogP contribution in [0.25, 0.3) is 0 Å². The van der Waals surface area contributed by atoms with E-state index in [2.05, 4.69) is 11.4 Å². The molecule has 1 N–H and O–H groups in total. The highest BCUT2D eigenvalue weighted by molar-refractivity contribution is 5.47. The zero-order chi connectivity index (χ0) is 12.8. The SMILES string of the molecule is COc1ccc(NCc2ccc(C#N)cc2)cc1. The fraction of sp³-hybridized carbons (Fsp3) is 0.133. The summed E-state index contributed by atoms with van der Waals surface area (Å²) < 4.78 is 5.10. The summed E-state index contributed by atoms with van der Waals surface area (Å²) in [6, 6.07) is 17.4. The molecule has 0 spiro atoms. The molecule has 2 aromatic rings. The summed E-state index contributed by atoms with van der Waals surface area (Å²) in [6.45, 7) is 0.734. The Morgan fingerprint density at radius 2 is 1.72 bits per heavy atom. The van der Waals surface area contributed by atoms with Crippen molar-refractivity contribution in [2.45, 2.75) is 6.54 Å². The van der Waals surface area contributed by atoms with E-state index in [1.165, 1.54) is 0 Å². The second-order valence-corrected chi connectivity index (χ2v) is 3.89. The van der Waals surface area contributed by atoms with Gasteiger partial charge in [0, 0.05) is 12.2 Å². The summed E-state index contributed by atoms with van der Waals surface area (Å²) in [7, 11) is 1.65. The van der Waals surface area contributed by atoms with Crippen LogP contribution in [0.1, 0.15) is 11.1 Å². The molecule has 18 heavy (non-hydrogen) atoms. The minimum absolute atomic E-state index is 0.684. The first kappa shape index (κ1) is 12.0. The lowest BCUT2D eigenvalue weighted by molar-refractivity contribution is 0.415. The van der Waals surface area contributed by atoms with Gasteiger partial charge in [0.25, 0.3) is 0 Å². The highest BCUT2D eigenvalue weighted by atomic mass is 16.5. The van der Waals surface area contributed by atoms with Crippen LogP contribution in [-0.2, 0) is 6.54 Å². The molecule has 0 saturated carbocycles. The number of hydrogen-bond acceptors (Lipinski definition) is 3. The Morgan fingerprint density at radius 3 is 2.28 bits per heavy atom. The largest absolute Gasteiger partial charge is 0.497 e. The van der Waals surface area contributed by atoms with Crippen LogP contribution >= 0.6 is 0 Å². The Morgan fingerprint density at radius 1 is 1.06 bits per heavy atom. The number of rotatable bonds is 4. The molecule has 0 unspecified atom stereocenters. The molecule has 3 nitrogen and oxygen atoms in total. The predicted octanol–water partition coefficient (Wildman–Crippen LogP) is 3.18. The lowest BCUT2D eigenvalue weighted by Crippen LogP contribution is -1.99. The zero-order valence-corrected chi connectivity index (χ0v) is 10.2. The maximum Gasteiger partial charge on any atom is 0.119 e. The predicted molar refractivity (Wildman–Crippen MR) is 71.5 cm³/mol. The molecule has 3 heteroatoms. The van der Waals surface area contributed by atoms with Gasteiger partial charge in [-0.2, -0.15) is 5.26 Å². The first-order valence-electron chi connectivity index (χ1n) is 5.69. The van der Waals surface area contributed by atoms with Gasteiger partial charge in [0.15, 0.2) is 0 Å². The van der Waals surface area contributed by atoms with Gasteiger partial charge in [-0.05, 0) is 42.0 Å². The molecule has 0 aliphatic rings. The average molecular weight is 238 g/mol. The van der Waals surface area contributed by atoms with Crippen molar-refractivity contribution in [1.29, 1.82) is 5.26 Å². The molecule has 0 atom stereocenters. The van der Waals surface area contributed by atoms with Crippen molar-refractivity contribution in [3.8, 4) is 11.8 Å². The fourth-order valence-electron chi connectivity index (χ4n) is 1.61. The third-order valence-corrected chi connectivity index (χ3v) is 2.67. The molecule has 90 valence electrons. The molecule has 0 fully saturated rings. The molecule has 0 bridgehead atoms. The molecule has 0 aliphatic heterocycles. The third-order valence-electron chi connectivity index (χ3n) is 2.67. The van der Waals surface area contributed by atoms with Crippen molar-refractivity contribution < 1.29 is 4.74 Å². The number of anilines is 1. The molecule has 0 aromatic heterocycles. The minimum Gasteiger partial charge on any atom is -0.497 e. The Labute approximate surface area is 107 Å². The molecule has 0 heterocycles. The summed E-state index contributed by atoms with van der Waals surface area (Å²) in [5.41, 5.74) is 2.87. The Kier molecular flexibility index (Phi) is 3.83. The van der Waals surface area contributed by atoms with Crippen molar-refractivity contribution in [3.05, 3.63) is 59.7 Å². The van der Waals surface area contributed by atoms with Crippen LogP contribution in [0.3, 0.4) is 0 Å². The summed E-state index contributed by atoms with van der Waals surface area (Å²) >= 11 is 0. The van der Waals surface area contributed by atoms with E-state index in [0.29, 0.717) is 5.56 Å². The van der Waals surface area contributed by atoms with E-state index in [1.54, 1.807) is 7.11 Å². The quantitative estimate of drug-likeness (QED) is 0.889. The van der Waals surface area contributed by atoms with Crippen LogP contribution in [-0.4, -0.2) is 7.11 Å². The molecular weight excluding hydrogens is 224 g/mol. The number of nitrogens with zero attached hydrogens (tertiary/aromatic N) is 1. The van der Waals surface area contributed by atoms with Gasteiger partial charge < -0.3 is 10.1 Å². The van der Waals surface area contributed by atoms with E-state index in [1.807, 2.05) is 48.5 Å². The van der Waals surface area contributed by atoms with Crippen molar-refractivity contribution in [2.75, 3.05) is 12.4 Å². The second kappa shape index (κ2) is 5.74. The van der Waals surface area contributed by atoms with Crippen LogP contribution < -0.4 is 10.1 Å². The normalized spacial score (nSPS) is 9.56. The molecule has 2 rings (SSSR count). The van der Waals surface area contributed by atoms with Gasteiger partial charge in [-0.3, -0.25) is 0 Å². The van der Waals surface area contributed by atoms with E-state index in [4.69, 9.17) is 10.00 Å². The van der Waals surface area contributed by atoms with Gasteiger partial charge in [-0.25, -0.2) is 0 Å². The van der Waals surface area contributed by atoms with Crippen LogP contribution in [0.4, 0.5) is 5.69 Å². The fourth-order valence-corrected chi connectivity index (χ4v) is 1.61. The maximum absolute atomic E-state index is 8.71. The standard InChI is InChI=1S/C15H14N2O/c1-18-15-8-6-14(7-9-15)17-11-13-4-2-12(10-16)3-5-13/h2-9,17H,11H2,1H3. The van der Waals surface area contributed by atoms with Crippen molar-refractivity contribution >= 4 is 5.69 Å². The Bertz CT molecular complexity index is 538. The Hall–Kier alpha value is -2.47. The van der Waals surface area contributed by atoms with E-state index in [-0.39, 0.29) is 0 Å². The molecule has 0 aliphatic carbocycles. The van der Waals surface area contributed by atoms with Gasteiger partial charge in [0.1, 0.15) is 5.75 Å². The first-order chi connectivity index (χ1) is 8.81. The number of nitrogens with one attached hydrogen (secondary N) is 1. The van der Waals surface area contributed by atoms with E-state index in [9.17, 15) is 0 Å². The number of methoxy groups -OCH3 is 1. The Balaban J connectivity index is 1.95. The summed E-state index contributed by atoms with van der Waals surface area (Å²) in [5, 5.41) is 12.0. The number of ether oxygens (including phenoxy) is 1. The van der Waals surface area contributed by atoms with Crippen molar-refractivity contribution in [1.82, 2.24) is 0 Å². The minimum atomic E-state index is 0.684. The van der Waals surface area contributed by atoms with Crippen molar-refractivity contribution in [2.24, 2.45) is 0 Å². The first-order valence-corrected chi connectivity index (χ1v) is 5.69. The third kappa shape index (κ3) is 3.02. The zero-order valence-electron chi connectivity index (χ0n) is 10.2. The van der Waals surface area contributed by atoms with Crippen LogP contribution in [0.15, 0.2) is 48.5 Å². The molecule has 0 amide bonds. The van der Waals surface area contributed by atoms with Crippen molar-refractivity contribution in [3.63, 3.8) is 0 Å².